The minimum atomic E-state index is -0.327. The average molecular weight is 655 g/mol. The molecule has 2 bridgehead atoms. The number of carbonyl (C=O) groups is 2. The van der Waals surface area contributed by atoms with Crippen LogP contribution in [0, 0.1) is 12.8 Å². The molecule has 0 radical (unpaired) electrons. The first-order valence-electron chi connectivity index (χ1n) is 16.2. The van der Waals surface area contributed by atoms with Gasteiger partial charge in [0.05, 0.1) is 23.5 Å². The van der Waals surface area contributed by atoms with Crippen LogP contribution < -0.4 is 20.7 Å². The van der Waals surface area contributed by atoms with Gasteiger partial charge in [-0.3, -0.25) is 5.32 Å². The molecule has 2 aliphatic rings. The number of amides is 4. The van der Waals surface area contributed by atoms with Crippen LogP contribution in [-0.2, 0) is 11.8 Å². The Morgan fingerprint density at radius 2 is 1.62 bits per heavy atom. The number of anilines is 3. The van der Waals surface area contributed by atoms with Crippen LogP contribution in [0.2, 0.25) is 5.02 Å². The second-order valence-corrected chi connectivity index (χ2v) is 14.2. The van der Waals surface area contributed by atoms with Crippen LogP contribution in [0.3, 0.4) is 0 Å². The molecule has 6 rings (SSSR count). The Hall–Kier alpha value is -4.50. The van der Waals surface area contributed by atoms with Gasteiger partial charge in [-0.05, 0) is 93.0 Å². The van der Waals surface area contributed by atoms with Crippen LogP contribution in [-0.4, -0.2) is 45.9 Å². The van der Waals surface area contributed by atoms with E-state index in [2.05, 4.69) is 42.8 Å². The minimum Gasteiger partial charge on any atom is -0.495 e. The van der Waals surface area contributed by atoms with Gasteiger partial charge >= 0.3 is 12.1 Å². The molecular formula is C37H43ClN6O3. The molecule has 3 N–H and O–H groups in total. The summed E-state index contributed by atoms with van der Waals surface area (Å²) in [6.45, 7) is 8.36. The lowest BCUT2D eigenvalue weighted by molar-refractivity contribution is 0.131. The van der Waals surface area contributed by atoms with E-state index in [-0.39, 0.29) is 29.6 Å². The molecule has 2 aliphatic heterocycles. The highest BCUT2D eigenvalue weighted by Crippen LogP contribution is 2.40. The Labute approximate surface area is 281 Å². The number of urea groups is 2. The van der Waals surface area contributed by atoms with Gasteiger partial charge in [-0.1, -0.05) is 62.2 Å². The monoisotopic (exact) mass is 654 g/mol. The van der Waals surface area contributed by atoms with Crippen molar-refractivity contribution in [1.29, 1.82) is 0 Å². The summed E-state index contributed by atoms with van der Waals surface area (Å²) in [5.41, 5.74) is 5.30. The molecule has 0 saturated carbocycles. The molecule has 0 spiro atoms. The fourth-order valence-corrected chi connectivity index (χ4v) is 7.09. The smallest absolute Gasteiger partial charge is 0.324 e. The van der Waals surface area contributed by atoms with E-state index in [9.17, 15) is 9.59 Å². The largest absolute Gasteiger partial charge is 0.495 e. The van der Waals surface area contributed by atoms with Crippen LogP contribution in [0.1, 0.15) is 63.3 Å². The Morgan fingerprint density at radius 1 is 0.915 bits per heavy atom. The lowest BCUT2D eigenvalue weighted by Gasteiger charge is -2.39. The van der Waals surface area contributed by atoms with Crippen molar-refractivity contribution in [3.05, 3.63) is 94.6 Å². The summed E-state index contributed by atoms with van der Waals surface area (Å²) < 4.78 is 7.01. The molecule has 3 aromatic carbocycles. The van der Waals surface area contributed by atoms with Crippen molar-refractivity contribution < 1.29 is 14.3 Å². The Morgan fingerprint density at radius 3 is 2.28 bits per heavy atom. The predicted octanol–water partition coefficient (Wildman–Crippen LogP) is 8.80. The number of carbonyl (C=O) groups excluding carboxylic acids is 2. The van der Waals surface area contributed by atoms with Gasteiger partial charge in [-0.25, -0.2) is 14.3 Å². The molecule has 47 heavy (non-hydrogen) atoms. The lowest BCUT2D eigenvalue weighted by Crippen LogP contribution is -2.48. The third-order valence-corrected chi connectivity index (χ3v) is 9.47. The molecule has 3 heterocycles. The average Bonchev–Trinajstić information content (AvgIpc) is 3.56. The Bertz CT molecular complexity index is 1750. The Balaban J connectivity index is 1.08. The number of aryl methyl sites for hydroxylation is 1. The topological polar surface area (TPSA) is 101 Å². The third kappa shape index (κ3) is 7.41. The molecule has 2 saturated heterocycles. The van der Waals surface area contributed by atoms with E-state index >= 15 is 0 Å². The summed E-state index contributed by atoms with van der Waals surface area (Å²) in [6, 6.07) is 23.3. The number of hydrogen-bond donors (Lipinski definition) is 3. The van der Waals surface area contributed by atoms with E-state index in [4.69, 9.17) is 21.4 Å². The van der Waals surface area contributed by atoms with E-state index in [1.165, 1.54) is 0 Å². The Kier molecular flexibility index (Phi) is 9.19. The van der Waals surface area contributed by atoms with Gasteiger partial charge in [0.15, 0.2) is 0 Å². The predicted molar refractivity (Wildman–Crippen MR) is 188 cm³/mol. The number of benzene rings is 3. The van der Waals surface area contributed by atoms with Crippen LogP contribution in [0.25, 0.3) is 5.69 Å². The molecule has 2 fully saturated rings. The summed E-state index contributed by atoms with van der Waals surface area (Å²) in [7, 11) is 1.57. The molecule has 10 heteroatoms. The van der Waals surface area contributed by atoms with Crippen LogP contribution in [0.15, 0.2) is 72.8 Å². The van der Waals surface area contributed by atoms with E-state index < -0.39 is 0 Å². The van der Waals surface area contributed by atoms with Gasteiger partial charge in [0, 0.05) is 34.9 Å². The van der Waals surface area contributed by atoms with Gasteiger partial charge in [0.25, 0.3) is 0 Å². The minimum absolute atomic E-state index is 0.0762. The molecule has 4 aromatic rings. The molecule has 2 atom stereocenters. The van der Waals surface area contributed by atoms with Gasteiger partial charge in [-0.15, -0.1) is 0 Å². The second-order valence-electron chi connectivity index (χ2n) is 13.8. The maximum atomic E-state index is 13.3. The summed E-state index contributed by atoms with van der Waals surface area (Å²) in [4.78, 5) is 28.6. The van der Waals surface area contributed by atoms with E-state index in [0.29, 0.717) is 28.2 Å². The number of ether oxygens (including phenoxy) is 1. The van der Waals surface area contributed by atoms with E-state index in [0.717, 1.165) is 60.3 Å². The zero-order chi connectivity index (χ0) is 33.3. The van der Waals surface area contributed by atoms with E-state index in [1.807, 2.05) is 60.4 Å². The number of nitrogens with zero attached hydrogens (tertiary/aromatic N) is 3. The molecule has 9 nitrogen and oxygen atoms in total. The summed E-state index contributed by atoms with van der Waals surface area (Å²) in [5, 5.41) is 14.4. The lowest BCUT2D eigenvalue weighted by atomic mass is 9.86. The highest BCUT2D eigenvalue weighted by molar-refractivity contribution is 6.32. The van der Waals surface area contributed by atoms with Gasteiger partial charge < -0.3 is 20.3 Å². The number of nitrogens with one attached hydrogen (secondary N) is 3. The van der Waals surface area contributed by atoms with Crippen molar-refractivity contribution in [1.82, 2.24) is 14.7 Å². The molecule has 1 aromatic heterocycles. The summed E-state index contributed by atoms with van der Waals surface area (Å²) in [5.74, 6) is 1.63. The fraction of sp³-hybridized carbons (Fsp3) is 0.378. The second kappa shape index (κ2) is 13.3. The van der Waals surface area contributed by atoms with Crippen molar-refractivity contribution in [2.45, 2.75) is 77.3 Å². The number of piperidine rings is 1. The number of hydrogen-bond acceptors (Lipinski definition) is 4. The molecule has 4 amide bonds. The number of halogens is 1. The first-order chi connectivity index (χ1) is 22.5. The van der Waals surface area contributed by atoms with Gasteiger partial charge in [0.2, 0.25) is 0 Å². The maximum absolute atomic E-state index is 13.3. The normalized spacial score (nSPS) is 18.9. The molecule has 246 valence electrons. The van der Waals surface area contributed by atoms with Crippen molar-refractivity contribution in [3.8, 4) is 11.4 Å². The highest BCUT2D eigenvalue weighted by atomic mass is 35.5. The number of rotatable bonds is 7. The molecule has 2 unspecified atom stereocenters. The first-order valence-corrected chi connectivity index (χ1v) is 16.6. The zero-order valence-electron chi connectivity index (χ0n) is 27.6. The quantitative estimate of drug-likeness (QED) is 0.185. The SMILES string of the molecule is COc1ccc(NC(=O)N2C3CCC2CC(Cc2cccc(NC(=O)Nc4cc(C(C)(C)C)nn4-c4ccc(C)cc4)c2)C3)cc1Cl. The summed E-state index contributed by atoms with van der Waals surface area (Å²) >= 11 is 6.27. The van der Waals surface area contributed by atoms with Crippen LogP contribution >= 0.6 is 11.6 Å². The maximum Gasteiger partial charge on any atom is 0.324 e. The number of methoxy groups -OCH3 is 1. The van der Waals surface area contributed by atoms with Gasteiger partial charge in [0.1, 0.15) is 11.6 Å². The van der Waals surface area contributed by atoms with Gasteiger partial charge in [-0.2, -0.15) is 5.10 Å². The number of fused-ring (bicyclic) bond motifs is 2. The van der Waals surface area contributed by atoms with Crippen molar-refractivity contribution in [2.24, 2.45) is 5.92 Å². The standard InChI is InChI=1S/C37H43ClN6O3/c1-23-9-12-28(13-10-23)44-34(22-33(42-44)37(2,3)4)41-35(45)39-26-8-6-7-24(18-26)17-25-19-29-14-15-30(20-25)43(29)36(46)40-27-11-16-32(47-5)31(38)21-27/h6-13,16,18,21-22,25,29-30H,14-15,17,19-20H2,1-5H3,(H,40,46)(H2,39,41,45). The van der Waals surface area contributed by atoms with Crippen LogP contribution in [0.5, 0.6) is 5.75 Å². The number of aromatic nitrogens is 2. The molecule has 0 aliphatic carbocycles. The zero-order valence-corrected chi connectivity index (χ0v) is 28.4. The first kappa shape index (κ1) is 32.4. The fourth-order valence-electron chi connectivity index (χ4n) is 6.83. The van der Waals surface area contributed by atoms with E-state index in [1.54, 1.807) is 30.0 Å². The van der Waals surface area contributed by atoms with Crippen molar-refractivity contribution in [2.75, 3.05) is 23.1 Å². The van der Waals surface area contributed by atoms with Crippen molar-refractivity contribution in [3.63, 3.8) is 0 Å². The van der Waals surface area contributed by atoms with Crippen molar-refractivity contribution >= 4 is 40.9 Å². The van der Waals surface area contributed by atoms with Crippen LogP contribution in [0.4, 0.5) is 26.8 Å². The third-order valence-electron chi connectivity index (χ3n) is 9.18. The highest BCUT2D eigenvalue weighted by Gasteiger charge is 2.43. The molecular weight excluding hydrogens is 612 g/mol. The summed E-state index contributed by atoms with van der Waals surface area (Å²) in [6.07, 6.45) is 4.81.